The minimum Gasteiger partial charge on any atom is -0.336 e. The summed E-state index contributed by atoms with van der Waals surface area (Å²) < 4.78 is 11.8. The second kappa shape index (κ2) is 5.83. The van der Waals surface area contributed by atoms with E-state index in [0.717, 1.165) is 12.8 Å². The molecule has 0 aliphatic heterocycles. The fourth-order valence-electron chi connectivity index (χ4n) is 1.96. The molecule has 3 nitrogen and oxygen atoms in total. The highest BCUT2D eigenvalue weighted by atomic mass is 19.1. The molecule has 0 aromatic heterocycles. The van der Waals surface area contributed by atoms with Crippen LogP contribution in [0.4, 0.5) is 9.18 Å². The first-order valence-corrected chi connectivity index (χ1v) is 5.32. The number of alkyl halides is 1. The van der Waals surface area contributed by atoms with Gasteiger partial charge >= 0.3 is 6.03 Å². The van der Waals surface area contributed by atoms with Crippen LogP contribution in [0.1, 0.15) is 32.6 Å². The molecule has 2 N–H and O–H groups in total. The van der Waals surface area contributed by atoms with Gasteiger partial charge < -0.3 is 10.6 Å². The Kier molecular flexibility index (Phi) is 4.70. The van der Waals surface area contributed by atoms with E-state index in [0.29, 0.717) is 5.92 Å². The summed E-state index contributed by atoms with van der Waals surface area (Å²) in [6, 6.07) is 0.0418. The average molecular weight is 202 g/mol. The van der Waals surface area contributed by atoms with Gasteiger partial charge in [-0.2, -0.15) is 0 Å². The summed E-state index contributed by atoms with van der Waals surface area (Å²) in [7, 11) is 0. The van der Waals surface area contributed by atoms with Crippen molar-refractivity contribution in [3.05, 3.63) is 0 Å². The van der Waals surface area contributed by atoms with Crippen molar-refractivity contribution in [2.75, 3.05) is 13.2 Å². The van der Waals surface area contributed by atoms with E-state index >= 15 is 0 Å². The lowest BCUT2D eigenvalue weighted by atomic mass is 9.87. The highest BCUT2D eigenvalue weighted by Gasteiger charge is 2.19. The van der Waals surface area contributed by atoms with Gasteiger partial charge in [0.2, 0.25) is 0 Å². The van der Waals surface area contributed by atoms with E-state index in [-0.39, 0.29) is 18.6 Å². The molecule has 1 aliphatic rings. The fraction of sp³-hybridized carbons (Fsp3) is 0.900. The Bertz CT molecular complexity index is 187. The summed E-state index contributed by atoms with van der Waals surface area (Å²) in [5.74, 6) is 0.690. The number of rotatable bonds is 3. The highest BCUT2D eigenvalue weighted by Crippen LogP contribution is 2.23. The molecule has 82 valence electrons. The third-order valence-electron chi connectivity index (χ3n) is 2.65. The fourth-order valence-corrected chi connectivity index (χ4v) is 1.96. The summed E-state index contributed by atoms with van der Waals surface area (Å²) in [6.07, 6.45) is 4.52. The van der Waals surface area contributed by atoms with Gasteiger partial charge in [0, 0.05) is 12.6 Å². The standard InChI is InChI=1S/C10H19FN2O/c1-8-3-2-4-9(7-8)13-10(14)12-6-5-11/h8-9H,2-7H2,1H3,(H2,12,13,14). The van der Waals surface area contributed by atoms with Crippen molar-refractivity contribution in [2.45, 2.75) is 38.6 Å². The Morgan fingerprint density at radius 3 is 2.93 bits per heavy atom. The summed E-state index contributed by atoms with van der Waals surface area (Å²) in [5.41, 5.74) is 0. The van der Waals surface area contributed by atoms with Crippen LogP contribution < -0.4 is 10.6 Å². The Morgan fingerprint density at radius 1 is 1.50 bits per heavy atom. The monoisotopic (exact) mass is 202 g/mol. The van der Waals surface area contributed by atoms with E-state index in [4.69, 9.17) is 0 Å². The molecule has 1 fully saturated rings. The van der Waals surface area contributed by atoms with Crippen molar-refractivity contribution in [1.82, 2.24) is 10.6 Å². The summed E-state index contributed by atoms with van der Waals surface area (Å²) in [6.45, 7) is 1.80. The minimum absolute atomic E-state index is 0.105. The smallest absolute Gasteiger partial charge is 0.315 e. The molecular formula is C10H19FN2O. The van der Waals surface area contributed by atoms with Crippen LogP contribution >= 0.6 is 0 Å². The summed E-state index contributed by atoms with van der Waals surface area (Å²) in [4.78, 5) is 11.2. The Labute approximate surface area is 84.4 Å². The zero-order valence-corrected chi connectivity index (χ0v) is 8.68. The number of hydrogen-bond acceptors (Lipinski definition) is 1. The number of carbonyl (C=O) groups excluding carboxylic acids is 1. The van der Waals surface area contributed by atoms with Crippen molar-refractivity contribution >= 4 is 6.03 Å². The van der Waals surface area contributed by atoms with Gasteiger partial charge in [-0.05, 0) is 18.8 Å². The third kappa shape index (κ3) is 3.94. The van der Waals surface area contributed by atoms with Gasteiger partial charge in [0.05, 0.1) is 0 Å². The predicted molar refractivity (Wildman–Crippen MR) is 53.9 cm³/mol. The molecular weight excluding hydrogens is 183 g/mol. The third-order valence-corrected chi connectivity index (χ3v) is 2.65. The topological polar surface area (TPSA) is 41.1 Å². The molecule has 1 saturated carbocycles. The van der Waals surface area contributed by atoms with Crippen LogP contribution in [-0.2, 0) is 0 Å². The van der Waals surface area contributed by atoms with Gasteiger partial charge in [-0.15, -0.1) is 0 Å². The van der Waals surface area contributed by atoms with E-state index < -0.39 is 6.67 Å². The van der Waals surface area contributed by atoms with Crippen LogP contribution in [0.25, 0.3) is 0 Å². The van der Waals surface area contributed by atoms with Crippen molar-refractivity contribution in [1.29, 1.82) is 0 Å². The normalized spacial score (nSPS) is 27.0. The van der Waals surface area contributed by atoms with Crippen molar-refractivity contribution in [2.24, 2.45) is 5.92 Å². The SMILES string of the molecule is CC1CCCC(NC(=O)NCCF)C1. The van der Waals surface area contributed by atoms with Crippen LogP contribution in [0.5, 0.6) is 0 Å². The average Bonchev–Trinajstić information content (AvgIpc) is 2.15. The Balaban J connectivity index is 2.18. The van der Waals surface area contributed by atoms with Gasteiger partial charge in [-0.1, -0.05) is 19.8 Å². The summed E-state index contributed by atoms with van der Waals surface area (Å²) in [5, 5.41) is 5.34. The second-order valence-corrected chi connectivity index (χ2v) is 4.06. The van der Waals surface area contributed by atoms with E-state index in [1.54, 1.807) is 0 Å². The van der Waals surface area contributed by atoms with Crippen molar-refractivity contribution in [3.63, 3.8) is 0 Å². The van der Waals surface area contributed by atoms with E-state index in [2.05, 4.69) is 17.6 Å². The van der Waals surface area contributed by atoms with Gasteiger partial charge in [0.1, 0.15) is 6.67 Å². The number of urea groups is 1. The molecule has 2 atom stereocenters. The molecule has 0 saturated heterocycles. The molecule has 14 heavy (non-hydrogen) atoms. The Morgan fingerprint density at radius 2 is 2.29 bits per heavy atom. The largest absolute Gasteiger partial charge is 0.336 e. The lowest BCUT2D eigenvalue weighted by Gasteiger charge is -2.27. The molecule has 2 amide bonds. The van der Waals surface area contributed by atoms with Gasteiger partial charge in [0.15, 0.2) is 0 Å². The molecule has 0 aromatic rings. The molecule has 1 aliphatic carbocycles. The number of hydrogen-bond donors (Lipinski definition) is 2. The molecule has 0 bridgehead atoms. The molecule has 0 spiro atoms. The maximum Gasteiger partial charge on any atom is 0.315 e. The Hall–Kier alpha value is -0.800. The predicted octanol–water partition coefficient (Wildman–Crippen LogP) is 1.83. The number of halogens is 1. The molecule has 1 rings (SSSR count). The van der Waals surface area contributed by atoms with Crippen LogP contribution in [0.15, 0.2) is 0 Å². The van der Waals surface area contributed by atoms with Gasteiger partial charge in [-0.3, -0.25) is 0 Å². The van der Waals surface area contributed by atoms with Gasteiger partial charge in [-0.25, -0.2) is 9.18 Å². The van der Waals surface area contributed by atoms with Crippen molar-refractivity contribution in [3.8, 4) is 0 Å². The maximum atomic E-state index is 11.8. The highest BCUT2D eigenvalue weighted by molar-refractivity contribution is 5.74. The number of amides is 2. The van der Waals surface area contributed by atoms with E-state index in [9.17, 15) is 9.18 Å². The van der Waals surface area contributed by atoms with Crippen LogP contribution in [0, 0.1) is 5.92 Å². The molecule has 0 radical (unpaired) electrons. The quantitative estimate of drug-likeness (QED) is 0.720. The second-order valence-electron chi connectivity index (χ2n) is 4.06. The van der Waals surface area contributed by atoms with Crippen LogP contribution in [-0.4, -0.2) is 25.3 Å². The lowest BCUT2D eigenvalue weighted by Crippen LogP contribution is -2.44. The zero-order valence-electron chi connectivity index (χ0n) is 8.68. The first kappa shape index (κ1) is 11.3. The van der Waals surface area contributed by atoms with E-state index in [1.165, 1.54) is 12.8 Å². The van der Waals surface area contributed by atoms with Gasteiger partial charge in [0.25, 0.3) is 0 Å². The molecule has 0 heterocycles. The minimum atomic E-state index is -0.505. The molecule has 4 heteroatoms. The van der Waals surface area contributed by atoms with Crippen molar-refractivity contribution < 1.29 is 9.18 Å². The lowest BCUT2D eigenvalue weighted by molar-refractivity contribution is 0.226. The summed E-state index contributed by atoms with van der Waals surface area (Å²) >= 11 is 0. The van der Waals surface area contributed by atoms with Crippen LogP contribution in [0.2, 0.25) is 0 Å². The molecule has 2 unspecified atom stereocenters. The number of carbonyl (C=O) groups is 1. The molecule has 0 aromatic carbocycles. The van der Waals surface area contributed by atoms with Crippen LogP contribution in [0.3, 0.4) is 0 Å². The zero-order chi connectivity index (χ0) is 10.4. The number of nitrogens with one attached hydrogen (secondary N) is 2. The van der Waals surface area contributed by atoms with E-state index in [1.807, 2.05) is 0 Å². The first-order valence-electron chi connectivity index (χ1n) is 5.32. The maximum absolute atomic E-state index is 11.8. The first-order chi connectivity index (χ1) is 6.72.